The third-order valence-electron chi connectivity index (χ3n) is 2.81. The average Bonchev–Trinajstić information content (AvgIpc) is 2.44. The number of amidine groups is 1. The number of amides is 1. The van der Waals surface area contributed by atoms with Crippen LogP contribution in [0.25, 0.3) is 0 Å². The number of carbonyl (C=O) groups is 1. The maximum atomic E-state index is 12.6. The molecule has 5 nitrogen and oxygen atoms in total. The summed E-state index contributed by atoms with van der Waals surface area (Å²) in [4.78, 5) is 14.3. The van der Waals surface area contributed by atoms with Gasteiger partial charge in [0, 0.05) is 29.5 Å². The van der Waals surface area contributed by atoms with Gasteiger partial charge in [0.25, 0.3) is 5.91 Å². The van der Waals surface area contributed by atoms with Crippen LogP contribution < -0.4 is 5.73 Å². The van der Waals surface area contributed by atoms with E-state index in [1.165, 1.54) is 0 Å². The van der Waals surface area contributed by atoms with E-state index in [9.17, 15) is 4.79 Å². The van der Waals surface area contributed by atoms with Crippen molar-refractivity contribution in [3.8, 4) is 0 Å². The van der Waals surface area contributed by atoms with Gasteiger partial charge in [-0.05, 0) is 40.0 Å². The number of benzene rings is 1. The summed E-state index contributed by atoms with van der Waals surface area (Å²) in [5, 5.41) is 12.1. The van der Waals surface area contributed by atoms with Crippen LogP contribution in [0.1, 0.15) is 30.6 Å². The normalized spacial score (nSPS) is 11.8. The van der Waals surface area contributed by atoms with Crippen LogP contribution in [0.2, 0.25) is 5.02 Å². The Bertz CT molecular complexity index is 535. The molecule has 0 radical (unpaired) electrons. The topological polar surface area (TPSA) is 78.9 Å². The Morgan fingerprint density at radius 3 is 2.71 bits per heavy atom. The van der Waals surface area contributed by atoms with Crippen LogP contribution in [0.3, 0.4) is 0 Å². The molecule has 0 aliphatic heterocycles. The van der Waals surface area contributed by atoms with Gasteiger partial charge in [-0.25, -0.2) is 0 Å². The van der Waals surface area contributed by atoms with Crippen molar-refractivity contribution >= 4 is 39.3 Å². The van der Waals surface area contributed by atoms with Crippen molar-refractivity contribution in [3.05, 3.63) is 33.3 Å². The van der Waals surface area contributed by atoms with Gasteiger partial charge >= 0.3 is 0 Å². The zero-order valence-corrected chi connectivity index (χ0v) is 14.4. The van der Waals surface area contributed by atoms with Gasteiger partial charge < -0.3 is 15.8 Å². The first-order chi connectivity index (χ1) is 9.85. The highest BCUT2D eigenvalue weighted by atomic mass is 79.9. The second-order valence-electron chi connectivity index (χ2n) is 5.12. The van der Waals surface area contributed by atoms with Gasteiger partial charge in [0.05, 0.1) is 5.02 Å². The van der Waals surface area contributed by atoms with E-state index in [0.717, 1.165) is 0 Å². The molecule has 1 aromatic rings. The third kappa shape index (κ3) is 5.55. The van der Waals surface area contributed by atoms with Crippen molar-refractivity contribution in [3.63, 3.8) is 0 Å². The van der Waals surface area contributed by atoms with E-state index in [1.807, 2.05) is 13.8 Å². The first kappa shape index (κ1) is 17.8. The molecule has 3 N–H and O–H groups in total. The number of carbonyl (C=O) groups excluding carboxylic acids is 1. The van der Waals surface area contributed by atoms with E-state index in [1.54, 1.807) is 23.1 Å². The van der Waals surface area contributed by atoms with E-state index >= 15 is 0 Å². The van der Waals surface area contributed by atoms with E-state index < -0.39 is 0 Å². The van der Waals surface area contributed by atoms with Crippen molar-refractivity contribution in [1.29, 1.82) is 0 Å². The lowest BCUT2D eigenvalue weighted by Crippen LogP contribution is -2.36. The van der Waals surface area contributed by atoms with Crippen molar-refractivity contribution in [1.82, 2.24) is 4.90 Å². The quantitative estimate of drug-likeness (QED) is 0.346. The second kappa shape index (κ2) is 8.24. The second-order valence-corrected chi connectivity index (χ2v) is 6.38. The summed E-state index contributed by atoms with van der Waals surface area (Å²) in [5.41, 5.74) is 6.02. The molecule has 0 saturated carbocycles. The van der Waals surface area contributed by atoms with E-state index in [2.05, 4.69) is 21.1 Å². The average molecular weight is 377 g/mol. The van der Waals surface area contributed by atoms with Crippen LogP contribution >= 0.6 is 27.5 Å². The van der Waals surface area contributed by atoms with Gasteiger partial charge in [0.1, 0.15) is 5.84 Å². The van der Waals surface area contributed by atoms with Crippen molar-refractivity contribution in [2.75, 3.05) is 13.1 Å². The van der Waals surface area contributed by atoms with Gasteiger partial charge in [0.15, 0.2) is 0 Å². The molecule has 7 heteroatoms. The summed E-state index contributed by atoms with van der Waals surface area (Å²) >= 11 is 9.25. The van der Waals surface area contributed by atoms with Gasteiger partial charge in [0.2, 0.25) is 0 Å². The van der Waals surface area contributed by atoms with Crippen molar-refractivity contribution < 1.29 is 10.0 Å². The smallest absolute Gasteiger partial charge is 0.253 e. The lowest BCUT2D eigenvalue weighted by Gasteiger charge is -2.24. The highest BCUT2D eigenvalue weighted by Gasteiger charge is 2.18. The molecule has 1 amide bonds. The number of nitrogens with two attached hydrogens (primary N) is 1. The highest BCUT2D eigenvalue weighted by molar-refractivity contribution is 9.10. The lowest BCUT2D eigenvalue weighted by molar-refractivity contribution is 0.0740. The molecule has 0 saturated heterocycles. The summed E-state index contributed by atoms with van der Waals surface area (Å²) < 4.78 is 0.677. The summed E-state index contributed by atoms with van der Waals surface area (Å²) in [6.07, 6.45) is 0.323. The van der Waals surface area contributed by atoms with E-state index in [0.29, 0.717) is 40.5 Å². The minimum atomic E-state index is -0.105. The molecule has 0 unspecified atom stereocenters. The number of oxime groups is 1. The molecule has 0 heterocycles. The van der Waals surface area contributed by atoms with Crippen LogP contribution in [0.15, 0.2) is 27.8 Å². The highest BCUT2D eigenvalue weighted by Crippen LogP contribution is 2.24. The van der Waals surface area contributed by atoms with Crippen LogP contribution in [-0.4, -0.2) is 34.9 Å². The third-order valence-corrected chi connectivity index (χ3v) is 4.02. The molecule has 0 aliphatic rings. The van der Waals surface area contributed by atoms with Gasteiger partial charge in [-0.3, -0.25) is 4.79 Å². The Kier molecular flexibility index (Phi) is 6.98. The molecule has 1 aromatic carbocycles. The molecule has 0 atom stereocenters. The minimum Gasteiger partial charge on any atom is -0.409 e. The fraction of sp³-hybridized carbons (Fsp3) is 0.429. The standard InChI is InChI=1S/C14H19BrClN3O2/c1-9(2)8-19(6-5-13(17)18-21)14(20)10-3-4-12(16)11(15)7-10/h3-4,7,9,21H,5-6,8H2,1-2H3,(H2,17,18). The van der Waals surface area contributed by atoms with Crippen LogP contribution in [0, 0.1) is 5.92 Å². The van der Waals surface area contributed by atoms with Gasteiger partial charge in [-0.15, -0.1) is 0 Å². The number of halogens is 2. The first-order valence-corrected chi connectivity index (χ1v) is 7.73. The fourth-order valence-corrected chi connectivity index (χ4v) is 2.32. The molecule has 0 spiro atoms. The summed E-state index contributed by atoms with van der Waals surface area (Å²) in [5.74, 6) is 0.317. The zero-order chi connectivity index (χ0) is 16.0. The van der Waals surface area contributed by atoms with Crippen molar-refractivity contribution in [2.24, 2.45) is 16.8 Å². The molecular weight excluding hydrogens is 358 g/mol. The molecule has 0 aliphatic carbocycles. The summed E-state index contributed by atoms with van der Waals surface area (Å²) in [6.45, 7) is 5.05. The Balaban J connectivity index is 2.90. The molecular formula is C14H19BrClN3O2. The maximum Gasteiger partial charge on any atom is 0.253 e. The Hall–Kier alpha value is -1.27. The van der Waals surface area contributed by atoms with E-state index in [4.69, 9.17) is 22.5 Å². The van der Waals surface area contributed by atoms with E-state index in [-0.39, 0.29) is 11.7 Å². The van der Waals surface area contributed by atoms with Gasteiger partial charge in [-0.1, -0.05) is 30.6 Å². The molecule has 0 aromatic heterocycles. The number of hydrogen-bond acceptors (Lipinski definition) is 3. The minimum absolute atomic E-state index is 0.105. The molecule has 0 fully saturated rings. The lowest BCUT2D eigenvalue weighted by atomic mass is 10.1. The largest absolute Gasteiger partial charge is 0.409 e. The molecule has 21 heavy (non-hydrogen) atoms. The Morgan fingerprint density at radius 1 is 1.52 bits per heavy atom. The summed E-state index contributed by atoms with van der Waals surface area (Å²) in [6, 6.07) is 5.06. The number of nitrogens with zero attached hydrogens (tertiary/aromatic N) is 2. The first-order valence-electron chi connectivity index (χ1n) is 6.55. The van der Waals surface area contributed by atoms with Crippen LogP contribution in [0.4, 0.5) is 0 Å². The predicted octanol–water partition coefficient (Wildman–Crippen LogP) is 3.34. The Morgan fingerprint density at radius 2 is 2.19 bits per heavy atom. The monoisotopic (exact) mass is 375 g/mol. The van der Waals surface area contributed by atoms with Crippen molar-refractivity contribution in [2.45, 2.75) is 20.3 Å². The van der Waals surface area contributed by atoms with Crippen LogP contribution in [-0.2, 0) is 0 Å². The number of rotatable bonds is 6. The number of hydrogen-bond donors (Lipinski definition) is 2. The molecule has 1 rings (SSSR count). The fourth-order valence-electron chi connectivity index (χ4n) is 1.83. The predicted molar refractivity (Wildman–Crippen MR) is 87.9 cm³/mol. The molecule has 116 valence electrons. The maximum absolute atomic E-state index is 12.6. The SMILES string of the molecule is CC(C)CN(CC/C(N)=N/O)C(=O)c1ccc(Cl)c(Br)c1. The Labute approximate surface area is 137 Å². The summed E-state index contributed by atoms with van der Waals surface area (Å²) in [7, 11) is 0. The molecule has 0 bridgehead atoms. The zero-order valence-electron chi connectivity index (χ0n) is 12.0. The van der Waals surface area contributed by atoms with Gasteiger partial charge in [-0.2, -0.15) is 0 Å². The van der Waals surface area contributed by atoms with Crippen LogP contribution in [0.5, 0.6) is 0 Å².